The number of hydrogen-bond donors (Lipinski definition) is 0. The van der Waals surface area contributed by atoms with Crippen molar-refractivity contribution in [3.05, 3.63) is 113 Å². The number of hydrogen-bond acceptors (Lipinski definition) is 1. The van der Waals surface area contributed by atoms with Crippen molar-refractivity contribution in [1.29, 1.82) is 0 Å². The Morgan fingerprint density at radius 1 is 0.786 bits per heavy atom. The fraction of sp³-hybridized carbons (Fsp3) is 0.115. The molecule has 1 nitrogen and oxygen atoms in total. The predicted molar refractivity (Wildman–Crippen MR) is 119 cm³/mol. The molecule has 0 N–H and O–H groups in total. The predicted octanol–water partition coefficient (Wildman–Crippen LogP) is 6.70. The molecule has 0 aliphatic heterocycles. The van der Waals surface area contributed by atoms with Crippen LogP contribution in [-0.2, 0) is 19.4 Å². The normalized spacial score (nSPS) is 11.6. The topological polar surface area (TPSA) is 3.24 Å². The molecule has 0 aromatic heterocycles. The molecule has 0 amide bonds. The van der Waals surface area contributed by atoms with Gasteiger partial charge in [-0.2, -0.15) is 0 Å². The van der Waals surface area contributed by atoms with Crippen LogP contribution in [0.1, 0.15) is 22.3 Å². The van der Waals surface area contributed by atoms with Crippen molar-refractivity contribution in [3.63, 3.8) is 0 Å². The summed E-state index contributed by atoms with van der Waals surface area (Å²) in [7, 11) is 0. The van der Waals surface area contributed by atoms with Crippen LogP contribution in [0.5, 0.6) is 0 Å². The van der Waals surface area contributed by atoms with Crippen LogP contribution >= 0.6 is 0 Å². The van der Waals surface area contributed by atoms with Gasteiger partial charge in [0, 0.05) is 0 Å². The summed E-state index contributed by atoms with van der Waals surface area (Å²) in [6, 6.07) is 25.9. The van der Waals surface area contributed by atoms with E-state index in [0.29, 0.717) is 0 Å². The molecule has 0 saturated heterocycles. The summed E-state index contributed by atoms with van der Waals surface area (Å²) in [5, 5.41) is 0. The second-order valence-corrected chi connectivity index (χ2v) is 7.92. The van der Waals surface area contributed by atoms with Gasteiger partial charge in [0.2, 0.25) is 0 Å². The first-order chi connectivity index (χ1) is 13.6. The van der Waals surface area contributed by atoms with E-state index in [1.807, 2.05) is 0 Å². The summed E-state index contributed by atoms with van der Waals surface area (Å²) >= 11 is 1.45. The van der Waals surface area contributed by atoms with E-state index in [-0.39, 0.29) is 0 Å². The summed E-state index contributed by atoms with van der Waals surface area (Å²) in [6.45, 7) is 6.43. The average Bonchev–Trinajstić information content (AvgIpc) is 2.70. The Bertz CT molecular complexity index is 1010. The van der Waals surface area contributed by atoms with Crippen molar-refractivity contribution in [2.75, 3.05) is 4.90 Å². The molecule has 2 heteroatoms. The van der Waals surface area contributed by atoms with Crippen LogP contribution in [0.15, 0.2) is 91.1 Å². The molecular formula is C26H25NW. The number of rotatable bonds is 6. The van der Waals surface area contributed by atoms with Crippen LogP contribution in [0.25, 0.3) is 5.57 Å². The monoisotopic (exact) mass is 535 g/mol. The summed E-state index contributed by atoms with van der Waals surface area (Å²) in [5.74, 6) is 0. The van der Waals surface area contributed by atoms with Gasteiger partial charge in [-0.05, 0) is 0 Å². The second kappa shape index (κ2) is 9.62. The molecule has 28 heavy (non-hydrogen) atoms. The Morgan fingerprint density at radius 3 is 2.21 bits per heavy atom. The molecule has 0 unspecified atom stereocenters. The second-order valence-electron chi connectivity index (χ2n) is 6.94. The molecule has 0 bridgehead atoms. The van der Waals surface area contributed by atoms with Crippen molar-refractivity contribution >= 4 is 21.3 Å². The van der Waals surface area contributed by atoms with Crippen LogP contribution in [-0.4, -0.2) is 4.40 Å². The van der Waals surface area contributed by atoms with E-state index in [4.69, 9.17) is 0 Å². The van der Waals surface area contributed by atoms with Gasteiger partial charge >= 0.3 is 180 Å². The summed E-state index contributed by atoms with van der Waals surface area (Å²) in [5.41, 5.74) is 8.55. The number of nitrogens with zero attached hydrogens (tertiary/aromatic N) is 1. The minimum absolute atomic E-state index is 1.15. The van der Waals surface area contributed by atoms with Crippen molar-refractivity contribution in [2.24, 2.45) is 0 Å². The molecule has 3 aromatic carbocycles. The first-order valence-corrected chi connectivity index (χ1v) is 11.1. The van der Waals surface area contributed by atoms with E-state index in [1.54, 1.807) is 0 Å². The standard InChI is InChI=1S/C26H25N.W/c1-5-9-23(26-13-7-6-11-22(26)4)19-27(24-16-14-20(2)15-17-24)25-12-8-10-21(3)18-25;/h1,5-19H,2-4H3;. The Morgan fingerprint density at radius 2 is 1.54 bits per heavy atom. The van der Waals surface area contributed by atoms with E-state index >= 15 is 0 Å². The van der Waals surface area contributed by atoms with Gasteiger partial charge in [-0.15, -0.1) is 0 Å². The van der Waals surface area contributed by atoms with Gasteiger partial charge in [-0.1, -0.05) is 0 Å². The molecule has 0 fully saturated rings. The Hall–Kier alpha value is -2.50. The Kier molecular flexibility index (Phi) is 6.95. The number of benzene rings is 3. The molecular weight excluding hydrogens is 510 g/mol. The third-order valence-corrected chi connectivity index (χ3v) is 5.24. The summed E-state index contributed by atoms with van der Waals surface area (Å²) < 4.78 is 2.15. The fourth-order valence-corrected chi connectivity index (χ4v) is 3.44. The van der Waals surface area contributed by atoms with Gasteiger partial charge in [0.05, 0.1) is 0 Å². The zero-order valence-corrected chi connectivity index (χ0v) is 19.5. The van der Waals surface area contributed by atoms with Gasteiger partial charge < -0.3 is 0 Å². The van der Waals surface area contributed by atoms with Crippen LogP contribution in [0, 0.1) is 20.8 Å². The van der Waals surface area contributed by atoms with Crippen LogP contribution in [0.4, 0.5) is 11.4 Å². The quantitative estimate of drug-likeness (QED) is 0.318. The molecule has 0 aliphatic carbocycles. The maximum atomic E-state index is 2.28. The van der Waals surface area contributed by atoms with Crippen molar-refractivity contribution < 1.29 is 19.4 Å². The van der Waals surface area contributed by atoms with Gasteiger partial charge in [-0.3, -0.25) is 0 Å². The average molecular weight is 535 g/mol. The van der Waals surface area contributed by atoms with E-state index in [2.05, 4.69) is 121 Å². The fourth-order valence-electron chi connectivity index (χ4n) is 3.16. The molecule has 0 heterocycles. The van der Waals surface area contributed by atoms with Crippen molar-refractivity contribution in [1.82, 2.24) is 0 Å². The first-order valence-electron chi connectivity index (χ1n) is 9.41. The molecule has 0 saturated carbocycles. The molecule has 3 rings (SSSR count). The van der Waals surface area contributed by atoms with Crippen molar-refractivity contribution in [2.45, 2.75) is 20.8 Å². The summed E-state index contributed by atoms with van der Waals surface area (Å²) in [6.07, 6.45) is 6.58. The molecule has 140 valence electrons. The minimum atomic E-state index is 1.15. The molecule has 0 atom stereocenters. The first kappa shape index (κ1) is 20.2. The Labute approximate surface area is 179 Å². The zero-order chi connectivity index (χ0) is 19.9. The van der Waals surface area contributed by atoms with Gasteiger partial charge in [0.25, 0.3) is 0 Å². The molecule has 0 radical (unpaired) electrons. The van der Waals surface area contributed by atoms with Gasteiger partial charge in [-0.25, -0.2) is 0 Å². The Balaban J connectivity index is 2.19. The maximum absolute atomic E-state index is 2.28. The van der Waals surface area contributed by atoms with E-state index in [0.717, 1.165) is 11.4 Å². The third-order valence-electron chi connectivity index (χ3n) is 4.67. The van der Waals surface area contributed by atoms with Gasteiger partial charge in [0.1, 0.15) is 0 Å². The van der Waals surface area contributed by atoms with Gasteiger partial charge in [0.15, 0.2) is 0 Å². The van der Waals surface area contributed by atoms with E-state index < -0.39 is 0 Å². The molecule has 0 spiro atoms. The number of aryl methyl sites for hydroxylation is 3. The van der Waals surface area contributed by atoms with Crippen LogP contribution in [0.3, 0.4) is 0 Å². The SMILES string of the molecule is Cc1ccc(N(C=C(C=C[CH]=[W])c2ccccc2C)c2cccc(C)c2)cc1. The third kappa shape index (κ3) is 5.06. The van der Waals surface area contributed by atoms with Crippen LogP contribution < -0.4 is 4.90 Å². The summed E-state index contributed by atoms with van der Waals surface area (Å²) in [4.78, 5) is 2.28. The number of anilines is 2. The van der Waals surface area contributed by atoms with Crippen molar-refractivity contribution in [3.8, 4) is 0 Å². The zero-order valence-electron chi connectivity index (χ0n) is 16.6. The van der Waals surface area contributed by atoms with Crippen LogP contribution in [0.2, 0.25) is 0 Å². The molecule has 0 aliphatic rings. The van der Waals surface area contributed by atoms with E-state index in [9.17, 15) is 0 Å². The van der Waals surface area contributed by atoms with E-state index in [1.165, 1.54) is 47.2 Å². The number of allylic oxidation sites excluding steroid dienone is 3. The molecule has 3 aromatic rings.